The van der Waals surface area contributed by atoms with Gasteiger partial charge in [0.2, 0.25) is 5.91 Å². The minimum absolute atomic E-state index is 0.0931. The maximum atomic E-state index is 13.4. The summed E-state index contributed by atoms with van der Waals surface area (Å²) < 4.78 is 27.9. The third-order valence-corrected chi connectivity index (χ3v) is 7.24. The predicted octanol–water partition coefficient (Wildman–Crippen LogP) is 3.55. The molecule has 3 heterocycles. The summed E-state index contributed by atoms with van der Waals surface area (Å²) in [4.78, 5) is 15.1. The van der Waals surface area contributed by atoms with Crippen molar-refractivity contribution in [3.05, 3.63) is 114 Å². The lowest BCUT2D eigenvalue weighted by Gasteiger charge is -2.28. The van der Waals surface area contributed by atoms with Crippen molar-refractivity contribution in [3.63, 3.8) is 0 Å². The SMILES string of the molecule is O=C(Cc1ccc(-n2cccc2)cc1)N(Cc1cccc(-n2cccn2)c1)C1C=CS(=O)(=O)C1. The highest BCUT2D eigenvalue weighted by Gasteiger charge is 2.30. The summed E-state index contributed by atoms with van der Waals surface area (Å²) in [5.74, 6) is -0.214. The molecule has 8 heteroatoms. The molecule has 2 aromatic heterocycles. The largest absolute Gasteiger partial charge is 0.331 e. The molecule has 1 aliphatic heterocycles. The number of carbonyl (C=O) groups excluding carboxylic acids is 1. The molecule has 1 amide bonds. The Morgan fingerprint density at radius 1 is 0.941 bits per heavy atom. The van der Waals surface area contributed by atoms with E-state index in [4.69, 9.17) is 0 Å². The maximum Gasteiger partial charge on any atom is 0.227 e. The summed E-state index contributed by atoms with van der Waals surface area (Å²) in [6.07, 6.45) is 9.29. The van der Waals surface area contributed by atoms with Crippen molar-refractivity contribution in [2.75, 3.05) is 5.75 Å². The van der Waals surface area contributed by atoms with E-state index in [9.17, 15) is 13.2 Å². The van der Waals surface area contributed by atoms with E-state index < -0.39 is 15.9 Å². The van der Waals surface area contributed by atoms with E-state index >= 15 is 0 Å². The van der Waals surface area contributed by atoms with Crippen LogP contribution in [0, 0.1) is 0 Å². The summed E-state index contributed by atoms with van der Waals surface area (Å²) in [6.45, 7) is 0.305. The molecule has 0 radical (unpaired) electrons. The van der Waals surface area contributed by atoms with Gasteiger partial charge in [-0.05, 0) is 59.7 Å². The first-order valence-corrected chi connectivity index (χ1v) is 12.7. The third kappa shape index (κ3) is 4.87. The van der Waals surface area contributed by atoms with E-state index in [0.717, 1.165) is 22.5 Å². The number of rotatable bonds is 7. The topological polar surface area (TPSA) is 77.2 Å². The Morgan fingerprint density at radius 3 is 2.41 bits per heavy atom. The highest BCUT2D eigenvalue weighted by molar-refractivity contribution is 7.94. The standard InChI is InChI=1S/C26H24N4O3S/c31-26(18-21-7-9-23(10-8-21)28-13-1-2-14-28)29(25-11-16-34(32,33)20-25)19-22-5-3-6-24(17-22)30-15-4-12-27-30/h1-17,25H,18-20H2. The van der Waals surface area contributed by atoms with Crippen LogP contribution in [0.1, 0.15) is 11.1 Å². The van der Waals surface area contributed by atoms with Gasteiger partial charge in [0.05, 0.1) is 23.9 Å². The number of benzene rings is 2. The second-order valence-electron chi connectivity index (χ2n) is 8.30. The van der Waals surface area contributed by atoms with Gasteiger partial charge in [-0.3, -0.25) is 4.79 Å². The number of nitrogens with zero attached hydrogens (tertiary/aromatic N) is 4. The van der Waals surface area contributed by atoms with Gasteiger partial charge in [-0.25, -0.2) is 13.1 Å². The first-order chi connectivity index (χ1) is 16.5. The van der Waals surface area contributed by atoms with Crippen LogP contribution >= 0.6 is 0 Å². The monoisotopic (exact) mass is 472 g/mol. The average molecular weight is 473 g/mol. The molecule has 172 valence electrons. The van der Waals surface area contributed by atoms with E-state index in [1.165, 1.54) is 5.41 Å². The number of amides is 1. The van der Waals surface area contributed by atoms with E-state index in [1.807, 2.05) is 89.9 Å². The second kappa shape index (κ2) is 9.15. The zero-order valence-corrected chi connectivity index (χ0v) is 19.3. The van der Waals surface area contributed by atoms with Crippen molar-refractivity contribution in [3.8, 4) is 11.4 Å². The Bertz CT molecular complexity index is 1410. The third-order valence-electron chi connectivity index (χ3n) is 5.86. The molecule has 0 spiro atoms. The van der Waals surface area contributed by atoms with Crippen molar-refractivity contribution in [1.29, 1.82) is 0 Å². The van der Waals surface area contributed by atoms with Crippen LogP contribution in [0.5, 0.6) is 0 Å². The molecule has 34 heavy (non-hydrogen) atoms. The van der Waals surface area contributed by atoms with Gasteiger partial charge in [0, 0.05) is 42.4 Å². The summed E-state index contributed by atoms with van der Waals surface area (Å²) in [7, 11) is -3.30. The van der Waals surface area contributed by atoms with Crippen LogP contribution in [-0.2, 0) is 27.6 Å². The Morgan fingerprint density at radius 2 is 1.74 bits per heavy atom. The van der Waals surface area contributed by atoms with Crippen molar-refractivity contribution < 1.29 is 13.2 Å². The second-order valence-corrected chi connectivity index (χ2v) is 10.2. The molecule has 4 aromatic rings. The molecule has 5 rings (SSSR count). The van der Waals surface area contributed by atoms with Gasteiger partial charge in [0.25, 0.3) is 0 Å². The minimum atomic E-state index is -3.30. The maximum absolute atomic E-state index is 13.4. The fourth-order valence-corrected chi connectivity index (χ4v) is 5.43. The lowest BCUT2D eigenvalue weighted by Crippen LogP contribution is -2.41. The molecule has 2 aromatic carbocycles. The fourth-order valence-electron chi connectivity index (χ4n) is 4.13. The Labute approximate surface area is 198 Å². The van der Waals surface area contributed by atoms with Gasteiger partial charge in [-0.1, -0.05) is 24.3 Å². The summed E-state index contributed by atoms with van der Waals surface area (Å²) in [6, 6.07) is 20.8. The minimum Gasteiger partial charge on any atom is -0.331 e. The highest BCUT2D eigenvalue weighted by Crippen LogP contribution is 2.21. The molecule has 0 saturated heterocycles. The van der Waals surface area contributed by atoms with E-state index in [1.54, 1.807) is 21.9 Å². The smallest absolute Gasteiger partial charge is 0.227 e. The Hall–Kier alpha value is -3.91. The van der Waals surface area contributed by atoms with E-state index in [2.05, 4.69) is 5.10 Å². The van der Waals surface area contributed by atoms with Crippen molar-refractivity contribution in [1.82, 2.24) is 19.2 Å². The lowest BCUT2D eigenvalue weighted by atomic mass is 10.1. The van der Waals surface area contributed by atoms with E-state index in [-0.39, 0.29) is 18.1 Å². The number of aromatic nitrogens is 3. The molecule has 1 aliphatic rings. The van der Waals surface area contributed by atoms with Gasteiger partial charge in [-0.2, -0.15) is 5.10 Å². The molecule has 0 bridgehead atoms. The molecule has 0 aliphatic carbocycles. The molecule has 1 atom stereocenters. The molecule has 0 N–H and O–H groups in total. The molecule has 0 fully saturated rings. The van der Waals surface area contributed by atoms with Crippen molar-refractivity contribution in [2.45, 2.75) is 19.0 Å². The number of sulfone groups is 1. The van der Waals surface area contributed by atoms with Gasteiger partial charge < -0.3 is 9.47 Å². The summed E-state index contributed by atoms with van der Waals surface area (Å²) in [5.41, 5.74) is 3.67. The van der Waals surface area contributed by atoms with Crippen molar-refractivity contribution in [2.24, 2.45) is 0 Å². The highest BCUT2D eigenvalue weighted by atomic mass is 32.2. The summed E-state index contributed by atoms with van der Waals surface area (Å²) >= 11 is 0. The zero-order valence-electron chi connectivity index (χ0n) is 18.4. The Balaban J connectivity index is 1.37. The van der Waals surface area contributed by atoms with Crippen molar-refractivity contribution >= 4 is 15.7 Å². The average Bonchev–Trinajstić information content (AvgIpc) is 3.60. The van der Waals surface area contributed by atoms with Crippen LogP contribution in [0.15, 0.2) is 103 Å². The lowest BCUT2D eigenvalue weighted by molar-refractivity contribution is -0.132. The fraction of sp³-hybridized carbons (Fsp3) is 0.154. The van der Waals surface area contributed by atoms with Crippen LogP contribution in [0.25, 0.3) is 11.4 Å². The number of hydrogen-bond acceptors (Lipinski definition) is 4. The molecule has 7 nitrogen and oxygen atoms in total. The first-order valence-electron chi connectivity index (χ1n) is 11.0. The predicted molar refractivity (Wildman–Crippen MR) is 130 cm³/mol. The zero-order chi connectivity index (χ0) is 23.5. The van der Waals surface area contributed by atoms with Gasteiger partial charge in [0.15, 0.2) is 9.84 Å². The van der Waals surface area contributed by atoms with E-state index in [0.29, 0.717) is 6.54 Å². The quantitative estimate of drug-likeness (QED) is 0.412. The molecular weight excluding hydrogens is 448 g/mol. The molecular formula is C26H24N4O3S. The number of carbonyl (C=O) groups is 1. The van der Waals surface area contributed by atoms with Crippen LogP contribution in [0.3, 0.4) is 0 Å². The molecule has 1 unspecified atom stereocenters. The van der Waals surface area contributed by atoms with Crippen LogP contribution < -0.4 is 0 Å². The normalized spacial score (nSPS) is 16.5. The van der Waals surface area contributed by atoms with Gasteiger partial charge >= 0.3 is 0 Å². The number of hydrogen-bond donors (Lipinski definition) is 0. The Kier molecular flexibility index (Phi) is 5.90. The van der Waals surface area contributed by atoms with Gasteiger partial charge in [0.1, 0.15) is 0 Å². The van der Waals surface area contributed by atoms with Gasteiger partial charge in [-0.15, -0.1) is 0 Å². The van der Waals surface area contributed by atoms with Crippen LogP contribution in [0.2, 0.25) is 0 Å². The summed E-state index contributed by atoms with van der Waals surface area (Å²) in [5, 5.41) is 5.48. The van der Waals surface area contributed by atoms with Crippen LogP contribution in [0.4, 0.5) is 0 Å². The molecule has 0 saturated carbocycles. The van der Waals surface area contributed by atoms with Crippen LogP contribution in [-0.4, -0.2) is 45.4 Å². The first kappa shape index (κ1) is 21.9.